The first kappa shape index (κ1) is 24.6. The molecule has 2 aromatic rings. The third kappa shape index (κ3) is 4.94. The van der Waals surface area contributed by atoms with Crippen LogP contribution in [0.25, 0.3) is 0 Å². The van der Waals surface area contributed by atoms with Gasteiger partial charge in [0, 0.05) is 34.3 Å². The van der Waals surface area contributed by atoms with E-state index in [1.165, 1.54) is 6.42 Å². The van der Waals surface area contributed by atoms with Gasteiger partial charge in [0.25, 0.3) is 0 Å². The number of halogens is 1. The number of hydrogen-bond donors (Lipinski definition) is 1. The first-order chi connectivity index (χ1) is 17.4. The molecule has 2 aromatic carbocycles. The van der Waals surface area contributed by atoms with Crippen molar-refractivity contribution in [2.24, 2.45) is 0 Å². The van der Waals surface area contributed by atoms with Crippen LogP contribution < -0.4 is 10.1 Å². The number of ether oxygens (including phenoxy) is 2. The Morgan fingerprint density at radius 1 is 1.00 bits per heavy atom. The van der Waals surface area contributed by atoms with E-state index in [1.807, 2.05) is 55.5 Å². The first-order valence-electron chi connectivity index (χ1n) is 12.8. The van der Waals surface area contributed by atoms with E-state index < -0.39 is 5.92 Å². The second-order valence-electron chi connectivity index (χ2n) is 10.0. The van der Waals surface area contributed by atoms with Crippen LogP contribution in [0.1, 0.15) is 74.8 Å². The van der Waals surface area contributed by atoms with Crippen molar-refractivity contribution in [1.29, 1.82) is 0 Å². The summed E-state index contributed by atoms with van der Waals surface area (Å²) in [6, 6.07) is 15.4. The number of methoxy groups -OCH3 is 1. The Labute approximate surface area is 217 Å². The molecule has 5 rings (SSSR count). The number of hydrogen-bond acceptors (Lipinski definition) is 5. The third-order valence-corrected chi connectivity index (χ3v) is 7.89. The van der Waals surface area contributed by atoms with Gasteiger partial charge in [0.1, 0.15) is 11.9 Å². The summed E-state index contributed by atoms with van der Waals surface area (Å²) in [6.07, 6.45) is 6.13. The minimum Gasteiger partial charge on any atom is -0.497 e. The number of carbonyl (C=O) groups excluding carboxylic acids is 2. The van der Waals surface area contributed by atoms with Gasteiger partial charge in [0.2, 0.25) is 0 Å². The van der Waals surface area contributed by atoms with Gasteiger partial charge in [0.15, 0.2) is 5.78 Å². The van der Waals surface area contributed by atoms with E-state index in [0.29, 0.717) is 34.8 Å². The Bertz CT molecular complexity index is 1220. The van der Waals surface area contributed by atoms with E-state index in [4.69, 9.17) is 21.1 Å². The number of ketones is 1. The van der Waals surface area contributed by atoms with E-state index in [2.05, 4.69) is 5.32 Å². The van der Waals surface area contributed by atoms with Crippen LogP contribution in [0.4, 0.5) is 0 Å². The quantitative estimate of drug-likeness (QED) is 0.464. The van der Waals surface area contributed by atoms with E-state index >= 15 is 0 Å². The average molecular weight is 506 g/mol. The largest absolute Gasteiger partial charge is 0.497 e. The molecule has 0 saturated heterocycles. The van der Waals surface area contributed by atoms with Gasteiger partial charge in [0.05, 0.1) is 12.7 Å². The first-order valence-corrected chi connectivity index (χ1v) is 13.2. The van der Waals surface area contributed by atoms with E-state index in [1.54, 1.807) is 7.11 Å². The van der Waals surface area contributed by atoms with Gasteiger partial charge in [-0.3, -0.25) is 4.79 Å². The summed E-state index contributed by atoms with van der Waals surface area (Å²) in [7, 11) is 1.62. The molecule has 0 unspecified atom stereocenters. The van der Waals surface area contributed by atoms with Crippen LogP contribution in [-0.2, 0) is 14.3 Å². The lowest BCUT2D eigenvalue weighted by molar-refractivity contribution is -0.146. The maximum atomic E-state index is 13.8. The number of carbonyl (C=O) groups is 2. The Hall–Kier alpha value is -3.05. The Kier molecular flexibility index (Phi) is 7.20. The molecule has 2 atom stereocenters. The molecule has 0 radical (unpaired) electrons. The molecule has 1 fully saturated rings. The number of allylic oxidation sites excluding steroid dienone is 3. The fourth-order valence-corrected chi connectivity index (χ4v) is 5.96. The number of esters is 1. The topological polar surface area (TPSA) is 64.6 Å². The molecule has 1 aliphatic heterocycles. The lowest BCUT2D eigenvalue weighted by atomic mass is 9.71. The predicted octanol–water partition coefficient (Wildman–Crippen LogP) is 6.59. The molecule has 0 amide bonds. The molecule has 36 heavy (non-hydrogen) atoms. The Morgan fingerprint density at radius 2 is 1.75 bits per heavy atom. The number of rotatable bonds is 5. The number of nitrogens with one attached hydrogen (secondary N) is 1. The maximum Gasteiger partial charge on any atom is 0.337 e. The minimum atomic E-state index is -0.494. The molecule has 1 N–H and O–H groups in total. The highest BCUT2D eigenvalue weighted by atomic mass is 35.5. The predicted molar refractivity (Wildman–Crippen MR) is 140 cm³/mol. The lowest BCUT2D eigenvalue weighted by Crippen LogP contribution is -2.37. The second kappa shape index (κ2) is 10.5. The van der Waals surface area contributed by atoms with Gasteiger partial charge < -0.3 is 14.8 Å². The number of dihydropyridines is 1. The van der Waals surface area contributed by atoms with Crippen molar-refractivity contribution in [2.75, 3.05) is 7.11 Å². The maximum absolute atomic E-state index is 13.8. The molecule has 1 heterocycles. The molecule has 0 spiro atoms. The van der Waals surface area contributed by atoms with Gasteiger partial charge in [-0.25, -0.2) is 4.79 Å². The second-order valence-corrected chi connectivity index (χ2v) is 10.4. The van der Waals surface area contributed by atoms with E-state index in [0.717, 1.165) is 48.2 Å². The minimum absolute atomic E-state index is 0.0481. The molecule has 0 aromatic heterocycles. The van der Waals surface area contributed by atoms with Crippen LogP contribution in [-0.4, -0.2) is 25.0 Å². The van der Waals surface area contributed by atoms with Gasteiger partial charge in [-0.15, -0.1) is 0 Å². The Balaban J connectivity index is 1.53. The van der Waals surface area contributed by atoms with E-state index in [-0.39, 0.29) is 23.8 Å². The zero-order valence-electron chi connectivity index (χ0n) is 20.8. The fourth-order valence-electron chi connectivity index (χ4n) is 5.83. The van der Waals surface area contributed by atoms with Crippen LogP contribution in [0, 0.1) is 0 Å². The normalized spacial score (nSPS) is 22.7. The van der Waals surface area contributed by atoms with Gasteiger partial charge in [-0.05, 0) is 80.3 Å². The molecular weight excluding hydrogens is 474 g/mol. The monoisotopic (exact) mass is 505 g/mol. The summed E-state index contributed by atoms with van der Waals surface area (Å²) in [4.78, 5) is 27.4. The van der Waals surface area contributed by atoms with Crippen LogP contribution >= 0.6 is 11.6 Å². The van der Waals surface area contributed by atoms with Crippen molar-refractivity contribution >= 4 is 23.4 Å². The van der Waals surface area contributed by atoms with Gasteiger partial charge in [-0.2, -0.15) is 0 Å². The summed E-state index contributed by atoms with van der Waals surface area (Å²) in [5.74, 6) is -0.0411. The van der Waals surface area contributed by atoms with Crippen LogP contribution in [0.15, 0.2) is 71.1 Å². The Morgan fingerprint density at radius 3 is 2.47 bits per heavy atom. The zero-order chi connectivity index (χ0) is 25.2. The van der Waals surface area contributed by atoms with Crippen LogP contribution in [0.2, 0.25) is 5.02 Å². The van der Waals surface area contributed by atoms with Crippen LogP contribution in [0.3, 0.4) is 0 Å². The van der Waals surface area contributed by atoms with Crippen molar-refractivity contribution in [2.45, 2.75) is 69.8 Å². The highest BCUT2D eigenvalue weighted by Crippen LogP contribution is 2.46. The highest BCUT2D eigenvalue weighted by molar-refractivity contribution is 6.30. The lowest BCUT2D eigenvalue weighted by Gasteiger charge is -2.37. The molecule has 1 saturated carbocycles. The SMILES string of the molecule is COc1cccc([C@H]2C(C(=O)OC3CCCCC3)=C(C)NC3=C2C(=O)C[C@@H](c2ccc(Cl)cc2)C3)c1. The van der Waals surface area contributed by atoms with E-state index in [9.17, 15) is 9.59 Å². The van der Waals surface area contributed by atoms with Crippen molar-refractivity contribution in [1.82, 2.24) is 5.32 Å². The smallest absolute Gasteiger partial charge is 0.337 e. The molecule has 6 heteroatoms. The van der Waals surface area contributed by atoms with Crippen molar-refractivity contribution in [3.63, 3.8) is 0 Å². The molecule has 188 valence electrons. The van der Waals surface area contributed by atoms with Crippen molar-refractivity contribution in [3.05, 3.63) is 87.2 Å². The summed E-state index contributed by atoms with van der Waals surface area (Å²) < 4.78 is 11.5. The summed E-state index contributed by atoms with van der Waals surface area (Å²) in [5.41, 5.74) is 4.75. The molecule has 2 aliphatic carbocycles. The standard InChI is InChI=1S/C30H32ClNO4/c1-18-27(30(34)36-23-8-4-3-5-9-23)28(20-7-6-10-24(15-20)35-2)29-25(32-18)16-21(17-26(29)33)19-11-13-22(31)14-12-19/h6-7,10-15,21,23,28,32H,3-5,8-9,16-17H2,1-2H3/t21-,28-/m0/s1. The highest BCUT2D eigenvalue weighted by Gasteiger charge is 2.42. The van der Waals surface area contributed by atoms with Gasteiger partial charge >= 0.3 is 5.97 Å². The summed E-state index contributed by atoms with van der Waals surface area (Å²) in [6.45, 7) is 1.91. The molecule has 5 nitrogen and oxygen atoms in total. The summed E-state index contributed by atoms with van der Waals surface area (Å²) >= 11 is 6.09. The molecular formula is C30H32ClNO4. The number of benzene rings is 2. The van der Waals surface area contributed by atoms with Gasteiger partial charge in [-0.1, -0.05) is 42.3 Å². The van der Waals surface area contributed by atoms with Crippen molar-refractivity contribution < 1.29 is 19.1 Å². The fraction of sp³-hybridized carbons (Fsp3) is 0.400. The molecule has 0 bridgehead atoms. The van der Waals surface area contributed by atoms with Crippen LogP contribution in [0.5, 0.6) is 5.75 Å². The average Bonchev–Trinajstić information content (AvgIpc) is 2.88. The summed E-state index contributed by atoms with van der Waals surface area (Å²) in [5, 5.41) is 4.11. The third-order valence-electron chi connectivity index (χ3n) is 7.64. The van der Waals surface area contributed by atoms with Crippen molar-refractivity contribution in [3.8, 4) is 5.75 Å². The number of Topliss-reactive ketones (excluding diaryl/α,β-unsaturated/α-hetero) is 1. The molecule has 3 aliphatic rings. The zero-order valence-corrected chi connectivity index (χ0v) is 21.6.